The van der Waals surface area contributed by atoms with Crippen LogP contribution in [0.2, 0.25) is 0 Å². The molecule has 2 N–H and O–H groups in total. The van der Waals surface area contributed by atoms with E-state index in [1.54, 1.807) is 12.4 Å². The molecule has 1 atom stereocenters. The summed E-state index contributed by atoms with van der Waals surface area (Å²) >= 11 is 1.28. The fraction of sp³-hybridized carbons (Fsp3) is 0.333. The minimum Gasteiger partial charge on any atom is -0.379 e. The zero-order valence-electron chi connectivity index (χ0n) is 10.6. The molecule has 4 amide bonds. The van der Waals surface area contributed by atoms with Crippen molar-refractivity contribution in [3.05, 3.63) is 16.5 Å². The molecule has 0 aliphatic carbocycles. The highest BCUT2D eigenvalue weighted by atomic mass is 32.1. The summed E-state index contributed by atoms with van der Waals surface area (Å²) in [5.41, 5.74) is 0.626. The van der Waals surface area contributed by atoms with Crippen molar-refractivity contribution in [3.8, 4) is 0 Å². The van der Waals surface area contributed by atoms with Crippen LogP contribution in [-0.4, -0.2) is 41.6 Å². The summed E-state index contributed by atoms with van der Waals surface area (Å²) in [5, 5.41) is 7.23. The number of nitrogens with zero attached hydrogens (tertiary/aromatic N) is 1. The van der Waals surface area contributed by atoms with Crippen LogP contribution < -0.4 is 10.6 Å². The third kappa shape index (κ3) is 1.64. The van der Waals surface area contributed by atoms with Crippen LogP contribution in [0.1, 0.15) is 33.6 Å². The molecule has 7 nitrogen and oxygen atoms in total. The maximum absolute atomic E-state index is 12.4. The standard InChI is InChI=1S/C12H11N3O4S/c1-13-10-8-5(4-20-10)11(18)15(12(8)19)6-2-3-7(16)14-9(6)17/h4,6,13H,2-3H2,1H3,(H,14,16,17). The lowest BCUT2D eigenvalue weighted by atomic mass is 10.0. The molecule has 2 aliphatic heterocycles. The van der Waals surface area contributed by atoms with Crippen molar-refractivity contribution >= 4 is 40.0 Å². The molecule has 8 heteroatoms. The van der Waals surface area contributed by atoms with Crippen molar-refractivity contribution in [2.24, 2.45) is 0 Å². The number of amides is 4. The maximum Gasteiger partial charge on any atom is 0.265 e. The molecule has 20 heavy (non-hydrogen) atoms. The Balaban J connectivity index is 1.96. The first kappa shape index (κ1) is 12.8. The molecule has 0 radical (unpaired) electrons. The molecule has 0 bridgehead atoms. The van der Waals surface area contributed by atoms with E-state index in [1.165, 1.54) is 11.3 Å². The Morgan fingerprint density at radius 2 is 2.05 bits per heavy atom. The SMILES string of the molecule is CNc1scc2c1C(=O)N(C1CCC(=O)NC1=O)C2=O. The van der Waals surface area contributed by atoms with E-state index in [0.717, 1.165) is 4.90 Å². The van der Waals surface area contributed by atoms with Crippen LogP contribution in [0.4, 0.5) is 5.00 Å². The predicted molar refractivity (Wildman–Crippen MR) is 70.5 cm³/mol. The summed E-state index contributed by atoms with van der Waals surface area (Å²) in [4.78, 5) is 48.6. The summed E-state index contributed by atoms with van der Waals surface area (Å²) in [6.07, 6.45) is 0.296. The molecule has 1 unspecified atom stereocenters. The summed E-state index contributed by atoms with van der Waals surface area (Å²) in [6.45, 7) is 0. The normalized spacial score (nSPS) is 22.1. The summed E-state index contributed by atoms with van der Waals surface area (Å²) in [6, 6.07) is -0.908. The molecule has 1 saturated heterocycles. The van der Waals surface area contributed by atoms with Gasteiger partial charge in [-0.2, -0.15) is 0 Å². The average molecular weight is 293 g/mol. The smallest absolute Gasteiger partial charge is 0.265 e. The van der Waals surface area contributed by atoms with Gasteiger partial charge in [0, 0.05) is 18.8 Å². The highest BCUT2D eigenvalue weighted by Crippen LogP contribution is 2.36. The van der Waals surface area contributed by atoms with Gasteiger partial charge in [-0.25, -0.2) is 0 Å². The van der Waals surface area contributed by atoms with Gasteiger partial charge in [-0.1, -0.05) is 0 Å². The molecule has 1 aromatic heterocycles. The van der Waals surface area contributed by atoms with Crippen LogP contribution in [0.15, 0.2) is 5.38 Å². The van der Waals surface area contributed by atoms with Crippen LogP contribution in [0.3, 0.4) is 0 Å². The molecule has 1 aromatic rings. The van der Waals surface area contributed by atoms with E-state index in [0.29, 0.717) is 16.1 Å². The molecule has 104 valence electrons. The van der Waals surface area contributed by atoms with Crippen molar-refractivity contribution in [2.45, 2.75) is 18.9 Å². The topological polar surface area (TPSA) is 95.6 Å². The Hall–Kier alpha value is -2.22. The molecule has 2 aliphatic rings. The Labute approximate surface area is 117 Å². The van der Waals surface area contributed by atoms with E-state index in [-0.39, 0.29) is 18.7 Å². The van der Waals surface area contributed by atoms with Crippen LogP contribution in [0.5, 0.6) is 0 Å². The molecule has 1 fully saturated rings. The number of hydrogen-bond donors (Lipinski definition) is 2. The predicted octanol–water partition coefficient (Wildman–Crippen LogP) is 0.191. The Kier molecular flexibility index (Phi) is 2.82. The van der Waals surface area contributed by atoms with Gasteiger partial charge in [0.1, 0.15) is 11.0 Å². The molecule has 0 spiro atoms. The first-order chi connectivity index (χ1) is 9.54. The molecule has 0 aromatic carbocycles. The first-order valence-corrected chi connectivity index (χ1v) is 6.93. The number of thiophene rings is 1. The molecular weight excluding hydrogens is 282 g/mol. The fourth-order valence-electron chi connectivity index (χ4n) is 2.47. The quantitative estimate of drug-likeness (QED) is 0.759. The zero-order chi connectivity index (χ0) is 14.4. The van der Waals surface area contributed by atoms with Gasteiger partial charge >= 0.3 is 0 Å². The Morgan fingerprint density at radius 1 is 1.30 bits per heavy atom. The van der Waals surface area contributed by atoms with Gasteiger partial charge in [0.15, 0.2) is 0 Å². The second-order valence-corrected chi connectivity index (χ2v) is 5.43. The molecule has 0 saturated carbocycles. The minimum atomic E-state index is -0.908. The highest BCUT2D eigenvalue weighted by molar-refractivity contribution is 7.15. The largest absolute Gasteiger partial charge is 0.379 e. The molecule has 3 rings (SSSR count). The number of imide groups is 2. The van der Waals surface area contributed by atoms with Crippen LogP contribution >= 0.6 is 11.3 Å². The molecule has 3 heterocycles. The number of fused-ring (bicyclic) bond motifs is 1. The monoisotopic (exact) mass is 293 g/mol. The Bertz CT molecular complexity index is 651. The van der Waals surface area contributed by atoms with E-state index in [1.807, 2.05) is 0 Å². The van der Waals surface area contributed by atoms with Crippen molar-refractivity contribution in [2.75, 3.05) is 12.4 Å². The summed E-state index contributed by atoms with van der Waals surface area (Å²) < 4.78 is 0. The number of carbonyl (C=O) groups is 4. The highest BCUT2D eigenvalue weighted by Gasteiger charge is 2.46. The van der Waals surface area contributed by atoms with E-state index >= 15 is 0 Å². The lowest BCUT2D eigenvalue weighted by molar-refractivity contribution is -0.136. The van der Waals surface area contributed by atoms with Crippen molar-refractivity contribution in [1.29, 1.82) is 0 Å². The van der Waals surface area contributed by atoms with Crippen LogP contribution in [-0.2, 0) is 9.59 Å². The number of rotatable bonds is 2. The Morgan fingerprint density at radius 3 is 2.70 bits per heavy atom. The van der Waals surface area contributed by atoms with Crippen LogP contribution in [0, 0.1) is 0 Å². The number of anilines is 1. The van der Waals surface area contributed by atoms with Gasteiger partial charge < -0.3 is 5.32 Å². The third-order valence-electron chi connectivity index (χ3n) is 3.42. The number of piperidine rings is 1. The van der Waals surface area contributed by atoms with E-state index in [9.17, 15) is 19.2 Å². The van der Waals surface area contributed by atoms with Gasteiger partial charge in [-0.15, -0.1) is 11.3 Å². The van der Waals surface area contributed by atoms with Gasteiger partial charge in [-0.3, -0.25) is 29.4 Å². The van der Waals surface area contributed by atoms with Crippen molar-refractivity contribution in [3.63, 3.8) is 0 Å². The van der Waals surface area contributed by atoms with E-state index in [2.05, 4.69) is 10.6 Å². The lowest BCUT2D eigenvalue weighted by Gasteiger charge is -2.28. The second kappa shape index (κ2) is 4.41. The third-order valence-corrected chi connectivity index (χ3v) is 4.42. The van der Waals surface area contributed by atoms with Gasteiger partial charge in [0.2, 0.25) is 11.8 Å². The summed E-state index contributed by atoms with van der Waals surface area (Å²) in [5.74, 6) is -1.93. The van der Waals surface area contributed by atoms with Crippen molar-refractivity contribution < 1.29 is 19.2 Å². The van der Waals surface area contributed by atoms with Gasteiger partial charge in [0.25, 0.3) is 11.8 Å². The number of nitrogens with one attached hydrogen (secondary N) is 2. The van der Waals surface area contributed by atoms with Crippen LogP contribution in [0.25, 0.3) is 0 Å². The van der Waals surface area contributed by atoms with E-state index < -0.39 is 23.8 Å². The first-order valence-electron chi connectivity index (χ1n) is 6.05. The second-order valence-electron chi connectivity index (χ2n) is 4.55. The van der Waals surface area contributed by atoms with E-state index in [4.69, 9.17) is 0 Å². The molecular formula is C12H11N3O4S. The average Bonchev–Trinajstić information content (AvgIpc) is 2.93. The minimum absolute atomic E-state index is 0.124. The van der Waals surface area contributed by atoms with Gasteiger partial charge in [0.05, 0.1) is 11.1 Å². The summed E-state index contributed by atoms with van der Waals surface area (Å²) in [7, 11) is 1.67. The van der Waals surface area contributed by atoms with Gasteiger partial charge in [-0.05, 0) is 6.42 Å². The zero-order valence-corrected chi connectivity index (χ0v) is 11.4. The number of hydrogen-bond acceptors (Lipinski definition) is 6. The maximum atomic E-state index is 12.4. The fourth-order valence-corrected chi connectivity index (χ4v) is 3.35. The number of carbonyl (C=O) groups excluding carboxylic acids is 4. The van der Waals surface area contributed by atoms with Crippen molar-refractivity contribution in [1.82, 2.24) is 10.2 Å². The lowest BCUT2D eigenvalue weighted by Crippen LogP contribution is -2.54.